The number of hydrogen-bond donors (Lipinski definition) is 1. The monoisotopic (exact) mass is 294 g/mol. The molecule has 1 N–H and O–H groups in total. The summed E-state index contributed by atoms with van der Waals surface area (Å²) in [5.74, 6) is -7.58. The molecule has 106 valence electrons. The quantitative estimate of drug-likeness (QED) is 0.426. The third-order valence-electron chi connectivity index (χ3n) is 2.97. The highest BCUT2D eigenvalue weighted by atomic mass is 19.2. The van der Waals surface area contributed by atoms with Gasteiger partial charge in [0.15, 0.2) is 23.3 Å². The summed E-state index contributed by atoms with van der Waals surface area (Å²) in [4.78, 5) is 17.7. The summed E-state index contributed by atoms with van der Waals surface area (Å²) >= 11 is 0. The van der Waals surface area contributed by atoms with Crippen molar-refractivity contribution in [3.8, 4) is 11.4 Å². The van der Waals surface area contributed by atoms with Crippen LogP contribution in [0.15, 0.2) is 35.1 Å². The van der Waals surface area contributed by atoms with Gasteiger partial charge in [0.05, 0.1) is 0 Å². The normalized spacial score (nSPS) is 11.0. The Morgan fingerprint density at radius 2 is 1.48 bits per heavy atom. The molecular weight excluding hydrogens is 288 g/mol. The van der Waals surface area contributed by atoms with Crippen LogP contribution in [-0.4, -0.2) is 9.97 Å². The summed E-state index contributed by atoms with van der Waals surface area (Å²) in [6.45, 7) is 0. The van der Waals surface area contributed by atoms with Crippen LogP contribution >= 0.6 is 0 Å². The molecule has 0 atom stereocenters. The van der Waals surface area contributed by atoms with E-state index in [0.29, 0.717) is 5.56 Å². The molecule has 0 spiro atoms. The van der Waals surface area contributed by atoms with Crippen molar-refractivity contribution in [1.29, 1.82) is 0 Å². The van der Waals surface area contributed by atoms with Crippen LogP contribution in [0, 0.1) is 23.3 Å². The average Bonchev–Trinajstić information content (AvgIpc) is 2.51. The van der Waals surface area contributed by atoms with Gasteiger partial charge in [-0.3, -0.25) is 4.79 Å². The zero-order valence-electron chi connectivity index (χ0n) is 10.3. The molecule has 0 amide bonds. The molecule has 3 aromatic rings. The van der Waals surface area contributed by atoms with Crippen LogP contribution in [0.5, 0.6) is 0 Å². The van der Waals surface area contributed by atoms with Gasteiger partial charge in [0, 0.05) is 5.56 Å². The smallest absolute Gasteiger partial charge is 0.262 e. The second kappa shape index (κ2) is 4.69. The van der Waals surface area contributed by atoms with Crippen LogP contribution in [0.4, 0.5) is 17.6 Å². The van der Waals surface area contributed by atoms with Crippen LogP contribution in [-0.2, 0) is 0 Å². The van der Waals surface area contributed by atoms with Crippen LogP contribution in [0.25, 0.3) is 22.3 Å². The second-order valence-electron chi connectivity index (χ2n) is 4.26. The topological polar surface area (TPSA) is 45.8 Å². The number of aromatic amines is 1. The van der Waals surface area contributed by atoms with Crippen LogP contribution in [0.1, 0.15) is 0 Å². The number of nitrogens with one attached hydrogen (secondary N) is 1. The number of halogens is 4. The van der Waals surface area contributed by atoms with Crippen molar-refractivity contribution in [3.63, 3.8) is 0 Å². The minimum Gasteiger partial charge on any atom is -0.306 e. The van der Waals surface area contributed by atoms with Gasteiger partial charge in [-0.05, 0) is 0 Å². The highest BCUT2D eigenvalue weighted by Gasteiger charge is 2.24. The number of nitrogens with zero attached hydrogens (tertiary/aromatic N) is 1. The lowest BCUT2D eigenvalue weighted by atomic mass is 10.1. The van der Waals surface area contributed by atoms with Crippen molar-refractivity contribution >= 4 is 10.9 Å². The molecule has 0 aliphatic heterocycles. The summed E-state index contributed by atoms with van der Waals surface area (Å²) in [6.07, 6.45) is 0. The summed E-state index contributed by atoms with van der Waals surface area (Å²) in [5.41, 5.74) is -1.52. The Labute approximate surface area is 114 Å². The first-order valence-electron chi connectivity index (χ1n) is 5.82. The molecule has 0 radical (unpaired) electrons. The summed E-state index contributed by atoms with van der Waals surface area (Å²) in [7, 11) is 0. The Hall–Kier alpha value is -2.70. The van der Waals surface area contributed by atoms with E-state index in [0.717, 1.165) is 0 Å². The predicted molar refractivity (Wildman–Crippen MR) is 67.6 cm³/mol. The Kier molecular flexibility index (Phi) is 2.97. The molecule has 7 heteroatoms. The maximum atomic E-state index is 13.7. The lowest BCUT2D eigenvalue weighted by Crippen LogP contribution is -2.14. The standard InChI is InChI=1S/C14H6F4N2O/c15-8-7-12(11(18)10(17)9(8)16)19-13(20-14(7)21)6-4-2-1-3-5-6/h1-5H,(H,19,20,21). The number of H-pyrrole nitrogens is 1. The van der Waals surface area contributed by atoms with Gasteiger partial charge in [-0.1, -0.05) is 30.3 Å². The summed E-state index contributed by atoms with van der Waals surface area (Å²) < 4.78 is 53.7. The lowest BCUT2D eigenvalue weighted by Gasteiger charge is -2.06. The van der Waals surface area contributed by atoms with Gasteiger partial charge in [-0.15, -0.1) is 0 Å². The van der Waals surface area contributed by atoms with Crippen molar-refractivity contribution < 1.29 is 17.6 Å². The van der Waals surface area contributed by atoms with E-state index in [2.05, 4.69) is 9.97 Å². The van der Waals surface area contributed by atoms with E-state index in [9.17, 15) is 22.4 Å². The van der Waals surface area contributed by atoms with E-state index in [1.807, 2.05) is 0 Å². The second-order valence-corrected chi connectivity index (χ2v) is 4.26. The first kappa shape index (κ1) is 13.3. The van der Waals surface area contributed by atoms with Crippen molar-refractivity contribution in [2.75, 3.05) is 0 Å². The molecule has 0 saturated heterocycles. The first-order chi connectivity index (χ1) is 10.0. The fourth-order valence-electron chi connectivity index (χ4n) is 1.97. The fourth-order valence-corrected chi connectivity index (χ4v) is 1.97. The van der Waals surface area contributed by atoms with Crippen molar-refractivity contribution in [2.24, 2.45) is 0 Å². The van der Waals surface area contributed by atoms with E-state index in [1.165, 1.54) is 0 Å². The molecule has 21 heavy (non-hydrogen) atoms. The largest absolute Gasteiger partial charge is 0.306 e. The average molecular weight is 294 g/mol. The van der Waals surface area contributed by atoms with Crippen molar-refractivity contribution in [2.45, 2.75) is 0 Å². The van der Waals surface area contributed by atoms with E-state index in [4.69, 9.17) is 0 Å². The minimum absolute atomic E-state index is 0.0718. The van der Waals surface area contributed by atoms with E-state index in [1.54, 1.807) is 30.3 Å². The van der Waals surface area contributed by atoms with Crippen molar-refractivity contribution in [3.05, 3.63) is 64.0 Å². The maximum Gasteiger partial charge on any atom is 0.262 e. The number of fused-ring (bicyclic) bond motifs is 1. The highest BCUT2D eigenvalue weighted by Crippen LogP contribution is 2.24. The molecule has 0 aliphatic carbocycles. The van der Waals surface area contributed by atoms with Crippen LogP contribution in [0.3, 0.4) is 0 Å². The molecule has 1 heterocycles. The van der Waals surface area contributed by atoms with Gasteiger partial charge in [0.25, 0.3) is 5.56 Å². The molecule has 3 rings (SSSR count). The van der Waals surface area contributed by atoms with Gasteiger partial charge in [0.2, 0.25) is 0 Å². The molecule has 0 fully saturated rings. The Bertz CT molecular complexity index is 906. The summed E-state index contributed by atoms with van der Waals surface area (Å²) in [5, 5.41) is -0.953. The van der Waals surface area contributed by atoms with Crippen LogP contribution < -0.4 is 5.56 Å². The Morgan fingerprint density at radius 1 is 0.857 bits per heavy atom. The molecule has 0 unspecified atom stereocenters. The molecular formula is C14H6F4N2O. The van der Waals surface area contributed by atoms with E-state index >= 15 is 0 Å². The zero-order valence-corrected chi connectivity index (χ0v) is 10.3. The lowest BCUT2D eigenvalue weighted by molar-refractivity contribution is 0.417. The van der Waals surface area contributed by atoms with Gasteiger partial charge >= 0.3 is 0 Å². The van der Waals surface area contributed by atoms with E-state index in [-0.39, 0.29) is 5.82 Å². The zero-order chi connectivity index (χ0) is 15.1. The first-order valence-corrected chi connectivity index (χ1v) is 5.82. The molecule has 0 bridgehead atoms. The van der Waals surface area contributed by atoms with E-state index < -0.39 is 39.7 Å². The van der Waals surface area contributed by atoms with Gasteiger partial charge < -0.3 is 4.98 Å². The summed E-state index contributed by atoms with van der Waals surface area (Å²) in [6, 6.07) is 8.12. The molecule has 2 aromatic carbocycles. The maximum absolute atomic E-state index is 13.7. The number of aromatic nitrogens is 2. The highest BCUT2D eigenvalue weighted by molar-refractivity contribution is 5.81. The van der Waals surface area contributed by atoms with Crippen molar-refractivity contribution in [1.82, 2.24) is 9.97 Å². The minimum atomic E-state index is -2.04. The molecule has 3 nitrogen and oxygen atoms in total. The third kappa shape index (κ3) is 1.97. The number of benzene rings is 2. The molecule has 0 saturated carbocycles. The fraction of sp³-hybridized carbons (Fsp3) is 0. The van der Waals surface area contributed by atoms with Gasteiger partial charge in [0.1, 0.15) is 16.7 Å². The van der Waals surface area contributed by atoms with Crippen LogP contribution in [0.2, 0.25) is 0 Å². The van der Waals surface area contributed by atoms with Gasteiger partial charge in [-0.2, -0.15) is 0 Å². The Morgan fingerprint density at radius 3 is 2.14 bits per heavy atom. The van der Waals surface area contributed by atoms with Gasteiger partial charge in [-0.25, -0.2) is 22.5 Å². The SMILES string of the molecule is O=c1[nH]c(-c2ccccc2)nc2c(F)c(F)c(F)c(F)c12. The predicted octanol–water partition coefficient (Wildman–Crippen LogP) is 3.15. The molecule has 1 aromatic heterocycles. The number of rotatable bonds is 1. The third-order valence-corrected chi connectivity index (χ3v) is 2.97. The number of hydrogen-bond acceptors (Lipinski definition) is 2. The Balaban J connectivity index is 2.43. The molecule has 0 aliphatic rings.